The third-order valence-electron chi connectivity index (χ3n) is 5.02. The van der Waals surface area contributed by atoms with Gasteiger partial charge in [-0.05, 0) is 43.4 Å². The fraction of sp³-hybridized carbons (Fsp3) is 0.529. The number of benzene rings is 1. The van der Waals surface area contributed by atoms with Crippen LogP contribution >= 0.6 is 0 Å². The first-order valence-electron chi connectivity index (χ1n) is 7.63. The van der Waals surface area contributed by atoms with E-state index in [2.05, 4.69) is 25.7 Å². The van der Waals surface area contributed by atoms with Crippen molar-refractivity contribution in [3.63, 3.8) is 0 Å². The van der Waals surface area contributed by atoms with Crippen molar-refractivity contribution in [2.45, 2.75) is 33.2 Å². The molecule has 4 nitrogen and oxygen atoms in total. The molecule has 1 amide bonds. The molecule has 2 aliphatic rings. The van der Waals surface area contributed by atoms with Crippen molar-refractivity contribution in [3.05, 3.63) is 23.8 Å². The van der Waals surface area contributed by atoms with E-state index in [1.165, 1.54) is 11.3 Å². The van der Waals surface area contributed by atoms with Gasteiger partial charge in [0.05, 0.1) is 11.3 Å². The van der Waals surface area contributed by atoms with Crippen LogP contribution < -0.4 is 9.80 Å². The quantitative estimate of drug-likeness (QED) is 0.745. The second-order valence-corrected chi connectivity index (χ2v) is 6.61. The number of carbonyl (C=O) groups excluding carboxylic acids is 2. The van der Waals surface area contributed by atoms with Crippen molar-refractivity contribution < 1.29 is 9.59 Å². The van der Waals surface area contributed by atoms with Crippen molar-refractivity contribution in [2.75, 3.05) is 23.4 Å². The minimum atomic E-state index is -0.435. The Morgan fingerprint density at radius 1 is 1.14 bits per heavy atom. The minimum absolute atomic E-state index is 0.396. The standard InChI is InChI=1S/C17H22N2O2/c1-10-7-11(2)12(3)19(9-10)13-5-6-14-15(8-13)18(4)17(21)16(14)20/h5-6,8,10-12H,7,9H2,1-4H3. The summed E-state index contributed by atoms with van der Waals surface area (Å²) in [7, 11) is 1.67. The zero-order valence-electron chi connectivity index (χ0n) is 13.1. The number of nitrogens with zero attached hydrogens (tertiary/aromatic N) is 2. The second kappa shape index (κ2) is 4.86. The molecule has 21 heavy (non-hydrogen) atoms. The minimum Gasteiger partial charge on any atom is -0.368 e. The van der Waals surface area contributed by atoms with Crippen molar-refractivity contribution in [1.29, 1.82) is 0 Å². The van der Waals surface area contributed by atoms with Crippen LogP contribution in [0, 0.1) is 11.8 Å². The largest absolute Gasteiger partial charge is 0.368 e. The second-order valence-electron chi connectivity index (χ2n) is 6.61. The zero-order chi connectivity index (χ0) is 15.3. The summed E-state index contributed by atoms with van der Waals surface area (Å²) >= 11 is 0. The summed E-state index contributed by atoms with van der Waals surface area (Å²) in [5, 5.41) is 0. The van der Waals surface area contributed by atoms with E-state index in [4.69, 9.17) is 0 Å². The van der Waals surface area contributed by atoms with Crippen LogP contribution in [0.3, 0.4) is 0 Å². The van der Waals surface area contributed by atoms with Crippen LogP contribution in [0.5, 0.6) is 0 Å². The molecule has 2 heterocycles. The highest BCUT2D eigenvalue weighted by molar-refractivity contribution is 6.52. The topological polar surface area (TPSA) is 40.6 Å². The fourth-order valence-corrected chi connectivity index (χ4v) is 3.60. The molecule has 1 saturated heterocycles. The van der Waals surface area contributed by atoms with Crippen molar-refractivity contribution in [3.8, 4) is 0 Å². The molecule has 1 aromatic carbocycles. The van der Waals surface area contributed by atoms with E-state index in [1.807, 2.05) is 12.1 Å². The predicted octanol–water partition coefficient (Wildman–Crippen LogP) is 2.72. The number of amides is 1. The Morgan fingerprint density at radius 3 is 2.57 bits per heavy atom. The molecule has 0 N–H and O–H groups in total. The van der Waals surface area contributed by atoms with E-state index in [9.17, 15) is 9.59 Å². The molecular weight excluding hydrogens is 264 g/mol. The number of carbonyl (C=O) groups is 2. The van der Waals surface area contributed by atoms with Gasteiger partial charge in [0, 0.05) is 25.3 Å². The molecule has 1 fully saturated rings. The van der Waals surface area contributed by atoms with Gasteiger partial charge in [0.25, 0.3) is 11.7 Å². The molecule has 112 valence electrons. The highest BCUT2D eigenvalue weighted by atomic mass is 16.2. The average molecular weight is 286 g/mol. The lowest BCUT2D eigenvalue weighted by atomic mass is 9.85. The number of fused-ring (bicyclic) bond motifs is 1. The van der Waals surface area contributed by atoms with Crippen molar-refractivity contribution >= 4 is 23.1 Å². The van der Waals surface area contributed by atoms with E-state index in [0.29, 0.717) is 23.4 Å². The van der Waals surface area contributed by atoms with Crippen LogP contribution in [0.1, 0.15) is 37.6 Å². The number of hydrogen-bond acceptors (Lipinski definition) is 3. The molecule has 0 aliphatic carbocycles. The summed E-state index contributed by atoms with van der Waals surface area (Å²) in [5.41, 5.74) is 2.37. The maximum atomic E-state index is 11.9. The van der Waals surface area contributed by atoms with Crippen molar-refractivity contribution in [1.82, 2.24) is 0 Å². The van der Waals surface area contributed by atoms with Gasteiger partial charge in [-0.15, -0.1) is 0 Å². The summed E-state index contributed by atoms with van der Waals surface area (Å²) in [5.74, 6) is 0.469. The Morgan fingerprint density at radius 2 is 1.86 bits per heavy atom. The summed E-state index contributed by atoms with van der Waals surface area (Å²) in [6.45, 7) is 7.85. The van der Waals surface area contributed by atoms with Gasteiger partial charge in [-0.1, -0.05) is 13.8 Å². The highest BCUT2D eigenvalue weighted by Crippen LogP contribution is 2.36. The molecule has 0 bridgehead atoms. The number of rotatable bonds is 1. The summed E-state index contributed by atoms with van der Waals surface area (Å²) < 4.78 is 0. The molecule has 2 aliphatic heterocycles. The number of piperidine rings is 1. The highest BCUT2D eigenvalue weighted by Gasteiger charge is 2.35. The van der Waals surface area contributed by atoms with Crippen LogP contribution in [0.15, 0.2) is 18.2 Å². The van der Waals surface area contributed by atoms with Crippen LogP contribution in [0.4, 0.5) is 11.4 Å². The van der Waals surface area contributed by atoms with Crippen LogP contribution in [-0.2, 0) is 4.79 Å². The maximum absolute atomic E-state index is 11.9. The third kappa shape index (κ3) is 2.13. The normalized spacial score (nSPS) is 29.0. The van der Waals surface area contributed by atoms with Gasteiger partial charge >= 0.3 is 0 Å². The van der Waals surface area contributed by atoms with E-state index >= 15 is 0 Å². The average Bonchev–Trinajstić information content (AvgIpc) is 2.67. The predicted molar refractivity (Wildman–Crippen MR) is 83.9 cm³/mol. The van der Waals surface area contributed by atoms with Crippen LogP contribution in [0.25, 0.3) is 0 Å². The van der Waals surface area contributed by atoms with Gasteiger partial charge in [0.2, 0.25) is 0 Å². The number of hydrogen-bond donors (Lipinski definition) is 0. The molecule has 0 spiro atoms. The summed E-state index contributed by atoms with van der Waals surface area (Å²) in [6.07, 6.45) is 1.25. The van der Waals surface area contributed by atoms with Gasteiger partial charge in [-0.2, -0.15) is 0 Å². The zero-order valence-corrected chi connectivity index (χ0v) is 13.1. The summed E-state index contributed by atoms with van der Waals surface area (Å²) in [4.78, 5) is 27.5. The SMILES string of the molecule is CC1CC(C)C(C)N(c2ccc3c(c2)N(C)C(=O)C3=O)C1. The third-order valence-corrected chi connectivity index (χ3v) is 5.02. The van der Waals surface area contributed by atoms with Crippen LogP contribution in [-0.4, -0.2) is 31.3 Å². The fourth-order valence-electron chi connectivity index (χ4n) is 3.60. The Hall–Kier alpha value is -1.84. The lowest BCUT2D eigenvalue weighted by Crippen LogP contribution is -2.45. The van der Waals surface area contributed by atoms with Crippen LogP contribution in [0.2, 0.25) is 0 Å². The van der Waals surface area contributed by atoms with Gasteiger partial charge < -0.3 is 9.80 Å². The maximum Gasteiger partial charge on any atom is 0.299 e. The summed E-state index contributed by atoms with van der Waals surface area (Å²) in [6, 6.07) is 6.23. The first-order valence-corrected chi connectivity index (χ1v) is 7.63. The number of likely N-dealkylation sites (N-methyl/N-ethyl adjacent to an activating group) is 1. The first kappa shape index (κ1) is 14.1. The Bertz CT molecular complexity index is 611. The smallest absolute Gasteiger partial charge is 0.299 e. The van der Waals surface area contributed by atoms with E-state index in [-0.39, 0.29) is 0 Å². The van der Waals surface area contributed by atoms with Gasteiger partial charge in [0.1, 0.15) is 0 Å². The molecule has 3 atom stereocenters. The number of anilines is 2. The molecule has 0 saturated carbocycles. The molecular formula is C17H22N2O2. The van der Waals surface area contributed by atoms with E-state index in [0.717, 1.165) is 17.9 Å². The van der Waals surface area contributed by atoms with Gasteiger partial charge in [0.15, 0.2) is 0 Å². The molecule has 4 heteroatoms. The first-order chi connectivity index (χ1) is 9.90. The lowest BCUT2D eigenvalue weighted by molar-refractivity contribution is -0.114. The Kier molecular flexibility index (Phi) is 3.27. The molecule has 0 radical (unpaired) electrons. The Labute approximate surface area is 125 Å². The number of ketones is 1. The molecule has 3 unspecified atom stereocenters. The van der Waals surface area contributed by atoms with Gasteiger partial charge in [-0.25, -0.2) is 0 Å². The van der Waals surface area contributed by atoms with E-state index in [1.54, 1.807) is 13.1 Å². The molecule has 0 aromatic heterocycles. The lowest BCUT2D eigenvalue weighted by Gasteiger charge is -2.42. The monoisotopic (exact) mass is 286 g/mol. The van der Waals surface area contributed by atoms with Crippen molar-refractivity contribution in [2.24, 2.45) is 11.8 Å². The number of Topliss-reactive ketones (excluding diaryl/α,β-unsaturated/α-hetero) is 1. The molecule has 1 aromatic rings. The van der Waals surface area contributed by atoms with Gasteiger partial charge in [-0.3, -0.25) is 9.59 Å². The Balaban J connectivity index is 1.98. The van der Waals surface area contributed by atoms with E-state index < -0.39 is 11.7 Å². The molecule has 3 rings (SSSR count).